The van der Waals surface area contributed by atoms with E-state index >= 15 is 0 Å². The zero-order chi connectivity index (χ0) is 25.3. The molecule has 0 aliphatic carbocycles. The molecule has 5 rings (SSSR count). The first kappa shape index (κ1) is 24.1. The van der Waals surface area contributed by atoms with E-state index in [9.17, 15) is 17.6 Å². The van der Waals surface area contributed by atoms with Crippen molar-refractivity contribution in [2.45, 2.75) is 12.5 Å². The predicted octanol–water partition coefficient (Wildman–Crippen LogP) is 3.88. The molecule has 0 atom stereocenters. The van der Waals surface area contributed by atoms with Gasteiger partial charge >= 0.3 is 5.92 Å². The van der Waals surface area contributed by atoms with Gasteiger partial charge in [-0.15, -0.1) is 5.10 Å². The van der Waals surface area contributed by atoms with Crippen LogP contribution in [0.15, 0.2) is 48.9 Å². The molecule has 36 heavy (non-hydrogen) atoms. The molecule has 1 N–H and O–H groups in total. The summed E-state index contributed by atoms with van der Waals surface area (Å²) in [7, 11) is 2.08. The molecule has 0 radical (unpaired) electrons. The van der Waals surface area contributed by atoms with Gasteiger partial charge in [0.25, 0.3) is 0 Å². The lowest BCUT2D eigenvalue weighted by molar-refractivity contribution is -0.0320. The Labute approximate surface area is 204 Å². The summed E-state index contributed by atoms with van der Waals surface area (Å²) >= 11 is 0. The van der Waals surface area contributed by atoms with Gasteiger partial charge in [0.2, 0.25) is 5.82 Å². The van der Waals surface area contributed by atoms with Crippen LogP contribution in [-0.4, -0.2) is 74.3 Å². The number of fused-ring (bicyclic) bond motifs is 1. The Balaban J connectivity index is 1.58. The van der Waals surface area contributed by atoms with E-state index in [0.717, 1.165) is 44.0 Å². The second kappa shape index (κ2) is 9.78. The van der Waals surface area contributed by atoms with E-state index in [0.29, 0.717) is 12.1 Å². The first-order valence-electron chi connectivity index (χ1n) is 11.4. The van der Waals surface area contributed by atoms with Gasteiger partial charge in [0.1, 0.15) is 16.9 Å². The molecule has 1 aliphatic heterocycles. The normalized spacial score (nSPS) is 15.5. The molecular weight excluding hydrogens is 476 g/mol. The highest BCUT2D eigenvalue weighted by Gasteiger charge is 2.33. The Kier molecular flexibility index (Phi) is 6.54. The third-order valence-corrected chi connectivity index (χ3v) is 6.13. The maximum Gasteiger partial charge on any atom is 0.317 e. The van der Waals surface area contributed by atoms with Crippen LogP contribution in [0.4, 0.5) is 29.1 Å². The van der Waals surface area contributed by atoms with Crippen molar-refractivity contribution in [2.75, 3.05) is 45.2 Å². The maximum atomic E-state index is 14.4. The molecule has 0 saturated carbocycles. The molecule has 8 nitrogen and oxygen atoms in total. The van der Waals surface area contributed by atoms with Crippen molar-refractivity contribution < 1.29 is 17.6 Å². The van der Waals surface area contributed by atoms with Crippen molar-refractivity contribution in [1.29, 1.82) is 0 Å². The molecule has 4 aromatic heterocycles. The van der Waals surface area contributed by atoms with Gasteiger partial charge in [0.05, 0.1) is 11.9 Å². The Morgan fingerprint density at radius 3 is 2.61 bits per heavy atom. The summed E-state index contributed by atoms with van der Waals surface area (Å²) in [6, 6.07) is 7.24. The topological polar surface area (TPSA) is 74.5 Å². The summed E-state index contributed by atoms with van der Waals surface area (Å²) in [6.07, 6.45) is 4.26. The number of anilines is 2. The van der Waals surface area contributed by atoms with E-state index in [2.05, 4.69) is 42.2 Å². The minimum absolute atomic E-state index is 0.0257. The summed E-state index contributed by atoms with van der Waals surface area (Å²) in [5.74, 6) is -4.00. The molecular formula is C24H24F4N8. The van der Waals surface area contributed by atoms with E-state index in [-0.39, 0.29) is 23.0 Å². The summed E-state index contributed by atoms with van der Waals surface area (Å²) in [5, 5.41) is 7.48. The van der Waals surface area contributed by atoms with Crippen LogP contribution in [0.5, 0.6) is 0 Å². The standard InChI is InChI=1S/C24H24F4N8/c1-34-9-11-35(12-10-34)14-16-6-8-36-21(16)23(31-18-5-7-29-13-17(18)26)32-22(33-36)19-3-2-4-20(30-19)24(27,28)15-25/h2-8,13H,9-12,14-15H2,1H3,(H,29,31,32,33). The van der Waals surface area contributed by atoms with Crippen LogP contribution in [0.2, 0.25) is 0 Å². The first-order chi connectivity index (χ1) is 17.3. The molecule has 12 heteroatoms. The first-order valence-corrected chi connectivity index (χ1v) is 11.4. The number of alkyl halides is 3. The van der Waals surface area contributed by atoms with Crippen molar-refractivity contribution in [2.24, 2.45) is 0 Å². The zero-order valence-electron chi connectivity index (χ0n) is 19.5. The smallest absolute Gasteiger partial charge is 0.317 e. The molecule has 1 fully saturated rings. The lowest BCUT2D eigenvalue weighted by Crippen LogP contribution is -2.43. The van der Waals surface area contributed by atoms with Gasteiger partial charge < -0.3 is 10.2 Å². The number of hydrogen-bond acceptors (Lipinski definition) is 7. The van der Waals surface area contributed by atoms with E-state index in [1.807, 2.05) is 6.07 Å². The molecule has 0 unspecified atom stereocenters. The van der Waals surface area contributed by atoms with E-state index in [1.165, 1.54) is 24.4 Å². The Bertz CT molecular complexity index is 1370. The summed E-state index contributed by atoms with van der Waals surface area (Å²) < 4.78 is 56.8. The number of nitrogens with zero attached hydrogens (tertiary/aromatic N) is 7. The van der Waals surface area contributed by atoms with E-state index in [4.69, 9.17) is 0 Å². The number of nitrogens with one attached hydrogen (secondary N) is 1. The van der Waals surface area contributed by atoms with Gasteiger partial charge in [-0.1, -0.05) is 6.07 Å². The average molecular weight is 501 g/mol. The van der Waals surface area contributed by atoms with Crippen LogP contribution < -0.4 is 5.32 Å². The molecule has 1 saturated heterocycles. The lowest BCUT2D eigenvalue weighted by atomic mass is 10.2. The molecule has 0 bridgehead atoms. The van der Waals surface area contributed by atoms with Crippen LogP contribution in [0, 0.1) is 5.82 Å². The molecule has 5 heterocycles. The van der Waals surface area contributed by atoms with Crippen molar-refractivity contribution in [3.8, 4) is 11.5 Å². The number of aromatic nitrogens is 5. The Morgan fingerprint density at radius 2 is 1.86 bits per heavy atom. The minimum atomic E-state index is -3.73. The maximum absolute atomic E-state index is 14.4. The Morgan fingerprint density at radius 1 is 1.06 bits per heavy atom. The largest absolute Gasteiger partial charge is 0.336 e. The molecule has 0 amide bonds. The van der Waals surface area contributed by atoms with Gasteiger partial charge in [-0.2, -0.15) is 8.78 Å². The van der Waals surface area contributed by atoms with Gasteiger partial charge in [-0.25, -0.2) is 23.3 Å². The summed E-state index contributed by atoms with van der Waals surface area (Å²) in [5.41, 5.74) is 1.01. The third-order valence-electron chi connectivity index (χ3n) is 6.13. The fourth-order valence-electron chi connectivity index (χ4n) is 4.09. The average Bonchev–Trinajstić information content (AvgIpc) is 3.29. The predicted molar refractivity (Wildman–Crippen MR) is 126 cm³/mol. The van der Waals surface area contributed by atoms with Crippen LogP contribution in [0.3, 0.4) is 0 Å². The van der Waals surface area contributed by atoms with Gasteiger partial charge in [-0.3, -0.25) is 9.88 Å². The lowest BCUT2D eigenvalue weighted by Gasteiger charge is -2.32. The number of rotatable bonds is 7. The van der Waals surface area contributed by atoms with E-state index in [1.54, 1.807) is 10.7 Å². The molecule has 0 aromatic carbocycles. The Hall–Kier alpha value is -3.64. The number of likely N-dealkylation sites (N-methyl/N-ethyl adjacent to an activating group) is 1. The molecule has 0 spiro atoms. The molecule has 188 valence electrons. The van der Waals surface area contributed by atoms with Crippen LogP contribution in [0.1, 0.15) is 11.3 Å². The fraction of sp³-hybridized carbons (Fsp3) is 0.333. The van der Waals surface area contributed by atoms with Crippen molar-refractivity contribution in [1.82, 2.24) is 34.4 Å². The SMILES string of the molecule is CN1CCN(Cc2ccn3nc(-c4cccc(C(F)(F)CF)n4)nc(Nc4ccncc4F)c23)CC1. The van der Waals surface area contributed by atoms with Crippen molar-refractivity contribution >= 4 is 17.0 Å². The highest BCUT2D eigenvalue weighted by atomic mass is 19.3. The quantitative estimate of drug-likeness (QED) is 0.386. The second-order valence-electron chi connectivity index (χ2n) is 8.72. The number of piperazine rings is 1. The molecule has 1 aliphatic rings. The third kappa shape index (κ3) is 4.86. The molecule has 4 aromatic rings. The second-order valence-corrected chi connectivity index (χ2v) is 8.72. The highest BCUT2D eigenvalue weighted by Crippen LogP contribution is 2.30. The fourth-order valence-corrected chi connectivity index (χ4v) is 4.09. The van der Waals surface area contributed by atoms with Gasteiger partial charge in [0.15, 0.2) is 18.3 Å². The summed E-state index contributed by atoms with van der Waals surface area (Å²) in [4.78, 5) is 16.8. The number of hydrogen-bond donors (Lipinski definition) is 1. The highest BCUT2D eigenvalue weighted by molar-refractivity contribution is 5.78. The zero-order valence-corrected chi connectivity index (χ0v) is 19.5. The van der Waals surface area contributed by atoms with Crippen LogP contribution in [-0.2, 0) is 12.5 Å². The van der Waals surface area contributed by atoms with Crippen molar-refractivity contribution in [3.05, 3.63) is 66.0 Å². The van der Waals surface area contributed by atoms with Crippen molar-refractivity contribution in [3.63, 3.8) is 0 Å². The monoisotopic (exact) mass is 500 g/mol. The number of pyridine rings is 2. The van der Waals surface area contributed by atoms with Crippen LogP contribution >= 0.6 is 0 Å². The summed E-state index contributed by atoms with van der Waals surface area (Å²) in [6.45, 7) is 2.46. The van der Waals surface area contributed by atoms with Gasteiger partial charge in [-0.05, 0) is 36.9 Å². The minimum Gasteiger partial charge on any atom is -0.336 e. The van der Waals surface area contributed by atoms with E-state index < -0.39 is 24.1 Å². The number of halogens is 4. The van der Waals surface area contributed by atoms with Crippen LogP contribution in [0.25, 0.3) is 17.0 Å². The van der Waals surface area contributed by atoms with Gasteiger partial charge in [0, 0.05) is 45.1 Å².